The smallest absolute Gasteiger partial charge is 0.239 e. The van der Waals surface area contributed by atoms with Crippen molar-refractivity contribution >= 4 is 11.7 Å². The summed E-state index contributed by atoms with van der Waals surface area (Å²) in [5.41, 5.74) is 1.16. The van der Waals surface area contributed by atoms with Crippen LogP contribution in [0.4, 0.5) is 5.82 Å². The molecule has 1 aliphatic rings. The molecule has 1 saturated heterocycles. The topological polar surface area (TPSA) is 39.7 Å². The molecule has 0 radical (unpaired) electrons. The van der Waals surface area contributed by atoms with Crippen LogP contribution < -0.4 is 4.90 Å². The van der Waals surface area contributed by atoms with Crippen LogP contribution >= 0.6 is 0 Å². The first-order chi connectivity index (χ1) is 12.1. The Morgan fingerprint density at radius 3 is 2.40 bits per heavy atom. The van der Waals surface area contributed by atoms with Gasteiger partial charge in [-0.05, 0) is 24.6 Å². The predicted octanol–water partition coefficient (Wildman–Crippen LogP) is 2.25. The minimum absolute atomic E-state index is 0.0976. The number of hydrogen-bond acceptors (Lipinski definition) is 4. The lowest BCUT2D eigenvalue weighted by Crippen LogP contribution is -2.54. The molecule has 1 atom stereocenters. The fourth-order valence-corrected chi connectivity index (χ4v) is 3.29. The Bertz CT molecular complexity index is 669. The van der Waals surface area contributed by atoms with Gasteiger partial charge in [-0.25, -0.2) is 4.98 Å². The first-order valence-electron chi connectivity index (χ1n) is 8.84. The highest BCUT2D eigenvalue weighted by atomic mass is 16.2. The fraction of sp³-hybridized carbons (Fsp3) is 0.400. The van der Waals surface area contributed by atoms with E-state index >= 15 is 0 Å². The van der Waals surface area contributed by atoms with Crippen LogP contribution in [0.25, 0.3) is 0 Å². The maximum atomic E-state index is 12.8. The van der Waals surface area contributed by atoms with Crippen molar-refractivity contribution in [2.75, 3.05) is 38.1 Å². The molecule has 3 rings (SSSR count). The number of carbonyl (C=O) groups excluding carboxylic acids is 1. The van der Waals surface area contributed by atoms with Gasteiger partial charge in [0.05, 0.1) is 6.04 Å². The Labute approximate surface area is 149 Å². The van der Waals surface area contributed by atoms with Gasteiger partial charge in [0.2, 0.25) is 5.91 Å². The van der Waals surface area contributed by atoms with Crippen molar-refractivity contribution in [2.45, 2.75) is 19.5 Å². The van der Waals surface area contributed by atoms with E-state index < -0.39 is 0 Å². The quantitative estimate of drug-likeness (QED) is 0.838. The van der Waals surface area contributed by atoms with E-state index in [1.165, 1.54) is 0 Å². The van der Waals surface area contributed by atoms with E-state index in [9.17, 15) is 4.79 Å². The summed E-state index contributed by atoms with van der Waals surface area (Å²) in [5.74, 6) is 1.19. The van der Waals surface area contributed by atoms with E-state index in [1.807, 2.05) is 61.5 Å². The predicted molar refractivity (Wildman–Crippen MR) is 100 cm³/mol. The second kappa shape index (κ2) is 8.12. The van der Waals surface area contributed by atoms with Gasteiger partial charge in [-0.15, -0.1) is 0 Å². The minimum atomic E-state index is -0.0976. The lowest BCUT2D eigenvalue weighted by molar-refractivity contribution is -0.135. The van der Waals surface area contributed by atoms with Crippen LogP contribution in [0.1, 0.15) is 12.5 Å². The summed E-state index contributed by atoms with van der Waals surface area (Å²) in [4.78, 5) is 23.5. The van der Waals surface area contributed by atoms with Crippen LogP contribution in [0, 0.1) is 0 Å². The summed E-state index contributed by atoms with van der Waals surface area (Å²) in [7, 11) is 1.88. The van der Waals surface area contributed by atoms with Crippen LogP contribution in [0.2, 0.25) is 0 Å². The van der Waals surface area contributed by atoms with Crippen molar-refractivity contribution in [1.82, 2.24) is 14.8 Å². The molecule has 1 aromatic carbocycles. The number of pyridine rings is 1. The molecule has 5 heteroatoms. The second-order valence-corrected chi connectivity index (χ2v) is 6.57. The zero-order valence-electron chi connectivity index (χ0n) is 15.0. The Morgan fingerprint density at radius 2 is 1.76 bits per heavy atom. The molecule has 132 valence electrons. The van der Waals surface area contributed by atoms with Gasteiger partial charge in [-0.2, -0.15) is 0 Å². The zero-order valence-corrected chi connectivity index (χ0v) is 15.0. The maximum Gasteiger partial charge on any atom is 0.239 e. The number of carbonyl (C=O) groups is 1. The standard InChI is InChI=1S/C20H26N4O/c1-17(20(25)22(2)16-18-8-4-3-5-9-18)23-12-14-24(15-13-23)19-10-6-7-11-21-19/h3-11,17H,12-16H2,1-2H3/t17-/m0/s1. The van der Waals surface area contributed by atoms with Crippen molar-refractivity contribution in [1.29, 1.82) is 0 Å². The SMILES string of the molecule is C[C@@H](C(=O)N(C)Cc1ccccc1)N1CCN(c2ccccn2)CC1. The van der Waals surface area contributed by atoms with E-state index in [0.717, 1.165) is 37.6 Å². The second-order valence-electron chi connectivity index (χ2n) is 6.57. The van der Waals surface area contributed by atoms with Crippen LogP contribution in [0.15, 0.2) is 54.7 Å². The summed E-state index contributed by atoms with van der Waals surface area (Å²) in [6.07, 6.45) is 1.83. The molecular weight excluding hydrogens is 312 g/mol. The van der Waals surface area contributed by atoms with Crippen LogP contribution in [0.3, 0.4) is 0 Å². The molecule has 1 amide bonds. The Balaban J connectivity index is 1.53. The van der Waals surface area contributed by atoms with Gasteiger partial charge in [-0.3, -0.25) is 9.69 Å². The lowest BCUT2D eigenvalue weighted by Gasteiger charge is -2.39. The van der Waals surface area contributed by atoms with E-state index in [4.69, 9.17) is 0 Å². The first kappa shape index (κ1) is 17.4. The fourth-order valence-electron chi connectivity index (χ4n) is 3.29. The largest absolute Gasteiger partial charge is 0.354 e. The first-order valence-corrected chi connectivity index (χ1v) is 8.84. The molecule has 1 aromatic heterocycles. The number of anilines is 1. The van der Waals surface area contributed by atoms with Crippen molar-refractivity contribution in [3.05, 3.63) is 60.3 Å². The van der Waals surface area contributed by atoms with E-state index in [-0.39, 0.29) is 11.9 Å². The number of piperazine rings is 1. The van der Waals surface area contributed by atoms with Gasteiger partial charge in [0.25, 0.3) is 0 Å². The van der Waals surface area contributed by atoms with Crippen LogP contribution in [-0.4, -0.2) is 60.0 Å². The molecule has 1 aliphatic heterocycles. The molecule has 1 fully saturated rings. The number of likely N-dealkylation sites (N-methyl/N-ethyl adjacent to an activating group) is 1. The van der Waals surface area contributed by atoms with E-state index in [2.05, 4.69) is 26.9 Å². The van der Waals surface area contributed by atoms with E-state index in [1.54, 1.807) is 0 Å². The minimum Gasteiger partial charge on any atom is -0.354 e. The molecule has 5 nitrogen and oxygen atoms in total. The van der Waals surface area contributed by atoms with Crippen molar-refractivity contribution in [3.63, 3.8) is 0 Å². The molecule has 0 N–H and O–H groups in total. The molecule has 0 aliphatic carbocycles. The number of amides is 1. The third-order valence-corrected chi connectivity index (χ3v) is 4.83. The average Bonchev–Trinajstić information content (AvgIpc) is 2.68. The van der Waals surface area contributed by atoms with E-state index in [0.29, 0.717) is 6.54 Å². The third kappa shape index (κ3) is 4.37. The molecule has 0 unspecified atom stereocenters. The average molecular weight is 338 g/mol. The highest BCUT2D eigenvalue weighted by molar-refractivity contribution is 5.81. The van der Waals surface area contributed by atoms with Gasteiger partial charge in [0.1, 0.15) is 5.82 Å². The zero-order chi connectivity index (χ0) is 17.6. The van der Waals surface area contributed by atoms with Crippen LogP contribution in [-0.2, 0) is 11.3 Å². The summed E-state index contributed by atoms with van der Waals surface area (Å²) >= 11 is 0. The number of rotatable bonds is 5. The Kier molecular flexibility index (Phi) is 5.66. The summed E-state index contributed by atoms with van der Waals surface area (Å²) in [6.45, 7) is 6.22. The van der Waals surface area contributed by atoms with Gasteiger partial charge >= 0.3 is 0 Å². The van der Waals surface area contributed by atoms with Crippen molar-refractivity contribution < 1.29 is 4.79 Å². The highest BCUT2D eigenvalue weighted by Gasteiger charge is 2.27. The Morgan fingerprint density at radius 1 is 1.08 bits per heavy atom. The van der Waals surface area contributed by atoms with Gasteiger partial charge in [-0.1, -0.05) is 36.4 Å². The van der Waals surface area contributed by atoms with Crippen LogP contribution in [0.5, 0.6) is 0 Å². The molecule has 25 heavy (non-hydrogen) atoms. The summed E-state index contributed by atoms with van der Waals surface area (Å²) in [6, 6.07) is 16.0. The van der Waals surface area contributed by atoms with Gasteiger partial charge in [0, 0.05) is 46.0 Å². The number of benzene rings is 1. The van der Waals surface area contributed by atoms with Crippen molar-refractivity contribution in [2.24, 2.45) is 0 Å². The molecular formula is C20H26N4O. The molecule has 2 aromatic rings. The van der Waals surface area contributed by atoms with Gasteiger partial charge in [0.15, 0.2) is 0 Å². The molecule has 0 saturated carbocycles. The van der Waals surface area contributed by atoms with Gasteiger partial charge < -0.3 is 9.80 Å². The third-order valence-electron chi connectivity index (χ3n) is 4.83. The summed E-state index contributed by atoms with van der Waals surface area (Å²) < 4.78 is 0. The molecule has 0 spiro atoms. The Hall–Kier alpha value is -2.40. The molecule has 2 heterocycles. The van der Waals surface area contributed by atoms with Crippen molar-refractivity contribution in [3.8, 4) is 0 Å². The number of hydrogen-bond donors (Lipinski definition) is 0. The summed E-state index contributed by atoms with van der Waals surface area (Å²) in [5, 5.41) is 0. The number of nitrogens with zero attached hydrogens (tertiary/aromatic N) is 4. The normalized spacial score (nSPS) is 16.5. The molecule has 0 bridgehead atoms. The maximum absolute atomic E-state index is 12.8. The highest BCUT2D eigenvalue weighted by Crippen LogP contribution is 2.15. The lowest BCUT2D eigenvalue weighted by atomic mass is 10.1. The number of aromatic nitrogens is 1. The monoisotopic (exact) mass is 338 g/mol.